The molecule has 0 bridgehead atoms. The molecular weight excluding hydrogens is 561 g/mol. The standard InChI is InChI=1S/C32H25F3N4O4/c1-20-8-3-5-12-25(20)37-29(40)19-43-27-15-14-21(16-28(27)42-2)18-36-39-30(22-9-7-10-23(17-22)32(33,34)35)38-26-13-6-4-11-24(26)31(39)41/h3-18H,19H2,1-2H3,(H,37,40). The summed E-state index contributed by atoms with van der Waals surface area (Å²) in [6.45, 7) is 1.61. The normalized spacial score (nSPS) is 11.6. The lowest BCUT2D eigenvalue weighted by Crippen LogP contribution is -2.21. The highest BCUT2D eigenvalue weighted by Gasteiger charge is 2.31. The molecule has 1 heterocycles. The number of fused-ring (bicyclic) bond motifs is 1. The first-order valence-corrected chi connectivity index (χ1v) is 13.0. The SMILES string of the molecule is COc1cc(C=Nn2c(-c3cccc(C(F)(F)F)c3)nc3ccccc3c2=O)ccc1OCC(=O)Nc1ccccc1C. The molecule has 1 amide bonds. The van der Waals surface area contributed by atoms with E-state index in [0.717, 1.165) is 22.4 Å². The van der Waals surface area contributed by atoms with Crippen molar-refractivity contribution in [3.63, 3.8) is 0 Å². The molecule has 0 aliphatic carbocycles. The van der Waals surface area contributed by atoms with E-state index in [4.69, 9.17) is 9.47 Å². The van der Waals surface area contributed by atoms with E-state index in [1.165, 1.54) is 25.5 Å². The first kappa shape index (κ1) is 29.1. The van der Waals surface area contributed by atoms with E-state index >= 15 is 0 Å². The molecule has 11 heteroatoms. The van der Waals surface area contributed by atoms with Crippen LogP contribution < -0.4 is 20.3 Å². The summed E-state index contributed by atoms with van der Waals surface area (Å²) in [6, 6.07) is 23.2. The van der Waals surface area contributed by atoms with Gasteiger partial charge in [0.25, 0.3) is 11.5 Å². The number of ether oxygens (including phenoxy) is 2. The molecule has 43 heavy (non-hydrogen) atoms. The van der Waals surface area contributed by atoms with Crippen LogP contribution in [-0.4, -0.2) is 35.5 Å². The molecule has 5 aromatic rings. The van der Waals surface area contributed by atoms with Crippen molar-refractivity contribution in [3.05, 3.63) is 118 Å². The van der Waals surface area contributed by atoms with Gasteiger partial charge in [0.05, 0.1) is 29.8 Å². The predicted octanol–water partition coefficient (Wildman–Crippen LogP) is 6.30. The van der Waals surface area contributed by atoms with Crippen molar-refractivity contribution in [1.82, 2.24) is 9.66 Å². The van der Waals surface area contributed by atoms with Crippen LogP contribution in [-0.2, 0) is 11.0 Å². The summed E-state index contributed by atoms with van der Waals surface area (Å²) >= 11 is 0. The number of nitrogens with one attached hydrogen (secondary N) is 1. The molecule has 5 rings (SSSR count). The number of alkyl halides is 3. The number of amides is 1. The zero-order valence-electron chi connectivity index (χ0n) is 23.1. The molecule has 218 valence electrons. The van der Waals surface area contributed by atoms with Crippen molar-refractivity contribution < 1.29 is 27.4 Å². The van der Waals surface area contributed by atoms with Crippen LogP contribution >= 0.6 is 0 Å². The Morgan fingerprint density at radius 1 is 0.977 bits per heavy atom. The smallest absolute Gasteiger partial charge is 0.416 e. The van der Waals surface area contributed by atoms with Gasteiger partial charge < -0.3 is 14.8 Å². The Labute approximate surface area is 244 Å². The van der Waals surface area contributed by atoms with E-state index in [2.05, 4.69) is 15.4 Å². The van der Waals surface area contributed by atoms with Crippen molar-refractivity contribution >= 4 is 28.7 Å². The van der Waals surface area contributed by atoms with Gasteiger partial charge >= 0.3 is 6.18 Å². The number of methoxy groups -OCH3 is 1. The monoisotopic (exact) mass is 586 g/mol. The van der Waals surface area contributed by atoms with Crippen LogP contribution in [0.25, 0.3) is 22.3 Å². The van der Waals surface area contributed by atoms with Crippen molar-refractivity contribution in [3.8, 4) is 22.9 Å². The largest absolute Gasteiger partial charge is 0.493 e. The molecule has 4 aromatic carbocycles. The Balaban J connectivity index is 1.44. The molecule has 0 aliphatic heterocycles. The van der Waals surface area contributed by atoms with Gasteiger partial charge in [0.15, 0.2) is 23.9 Å². The number of carbonyl (C=O) groups is 1. The Kier molecular flexibility index (Phi) is 8.24. The van der Waals surface area contributed by atoms with Crippen molar-refractivity contribution in [2.24, 2.45) is 5.10 Å². The third-order valence-electron chi connectivity index (χ3n) is 6.49. The fourth-order valence-electron chi connectivity index (χ4n) is 4.30. The Morgan fingerprint density at radius 3 is 2.51 bits per heavy atom. The van der Waals surface area contributed by atoms with Gasteiger partial charge in [-0.2, -0.15) is 22.9 Å². The molecule has 1 aromatic heterocycles. The number of rotatable bonds is 8. The van der Waals surface area contributed by atoms with Crippen LogP contribution in [0.5, 0.6) is 11.5 Å². The predicted molar refractivity (Wildman–Crippen MR) is 158 cm³/mol. The second kappa shape index (κ2) is 12.2. The van der Waals surface area contributed by atoms with E-state index in [0.29, 0.717) is 28.3 Å². The number of benzene rings is 4. The summed E-state index contributed by atoms with van der Waals surface area (Å²) in [6.07, 6.45) is -3.23. The summed E-state index contributed by atoms with van der Waals surface area (Å²) in [7, 11) is 1.43. The third-order valence-corrected chi connectivity index (χ3v) is 6.49. The second-order valence-electron chi connectivity index (χ2n) is 9.45. The van der Waals surface area contributed by atoms with E-state index in [-0.39, 0.29) is 29.3 Å². The van der Waals surface area contributed by atoms with Gasteiger partial charge in [-0.15, -0.1) is 0 Å². The molecule has 0 spiro atoms. The molecule has 0 saturated carbocycles. The maximum Gasteiger partial charge on any atom is 0.416 e. The average Bonchev–Trinajstić information content (AvgIpc) is 3.00. The van der Waals surface area contributed by atoms with Crippen LogP contribution in [0.15, 0.2) is 101 Å². The van der Waals surface area contributed by atoms with Crippen LogP contribution in [0.2, 0.25) is 0 Å². The molecule has 0 fully saturated rings. The lowest BCUT2D eigenvalue weighted by Gasteiger charge is -2.13. The number of hydrogen-bond acceptors (Lipinski definition) is 6. The van der Waals surface area contributed by atoms with Crippen LogP contribution in [0.4, 0.5) is 18.9 Å². The highest BCUT2D eigenvalue weighted by atomic mass is 19.4. The topological polar surface area (TPSA) is 94.8 Å². The molecule has 0 unspecified atom stereocenters. The van der Waals surface area contributed by atoms with Gasteiger partial charge in [-0.25, -0.2) is 4.98 Å². The number of aryl methyl sites for hydroxylation is 1. The molecule has 0 aliphatic rings. The minimum Gasteiger partial charge on any atom is -0.493 e. The molecular formula is C32H25F3N4O4. The van der Waals surface area contributed by atoms with Gasteiger partial charge in [-0.05, 0) is 66.6 Å². The summed E-state index contributed by atoms with van der Waals surface area (Å²) in [4.78, 5) is 30.3. The number of halogens is 3. The number of anilines is 1. The summed E-state index contributed by atoms with van der Waals surface area (Å²) in [5.41, 5.74) is 1.04. The van der Waals surface area contributed by atoms with Crippen molar-refractivity contribution in [1.29, 1.82) is 0 Å². The van der Waals surface area contributed by atoms with E-state index in [1.54, 1.807) is 48.5 Å². The first-order chi connectivity index (χ1) is 20.6. The van der Waals surface area contributed by atoms with Crippen LogP contribution in [0.1, 0.15) is 16.7 Å². The van der Waals surface area contributed by atoms with E-state index in [9.17, 15) is 22.8 Å². The minimum absolute atomic E-state index is 0.0577. The summed E-state index contributed by atoms with van der Waals surface area (Å²) < 4.78 is 52.4. The first-order valence-electron chi connectivity index (χ1n) is 13.0. The van der Waals surface area contributed by atoms with Gasteiger partial charge in [-0.1, -0.05) is 42.5 Å². The van der Waals surface area contributed by atoms with Crippen LogP contribution in [0, 0.1) is 6.92 Å². The van der Waals surface area contributed by atoms with Gasteiger partial charge in [0.1, 0.15) is 0 Å². The quantitative estimate of drug-likeness (QED) is 0.216. The van der Waals surface area contributed by atoms with Crippen molar-refractivity contribution in [2.45, 2.75) is 13.1 Å². The highest BCUT2D eigenvalue weighted by molar-refractivity contribution is 5.92. The van der Waals surface area contributed by atoms with Gasteiger partial charge in [-0.3, -0.25) is 9.59 Å². The maximum atomic E-state index is 13.4. The Morgan fingerprint density at radius 2 is 1.74 bits per heavy atom. The zero-order valence-corrected chi connectivity index (χ0v) is 23.1. The number of aromatic nitrogens is 2. The number of nitrogens with zero attached hydrogens (tertiary/aromatic N) is 3. The van der Waals surface area contributed by atoms with Crippen LogP contribution in [0.3, 0.4) is 0 Å². The third kappa shape index (κ3) is 6.56. The number of hydrogen-bond donors (Lipinski definition) is 1. The second-order valence-corrected chi connectivity index (χ2v) is 9.45. The molecule has 0 saturated heterocycles. The number of para-hydroxylation sites is 2. The summed E-state index contributed by atoms with van der Waals surface area (Å²) in [5, 5.41) is 7.34. The Bertz CT molecular complexity index is 1900. The van der Waals surface area contributed by atoms with Gasteiger partial charge in [0.2, 0.25) is 0 Å². The number of carbonyl (C=O) groups excluding carboxylic acids is 1. The minimum atomic E-state index is -4.58. The lowest BCUT2D eigenvalue weighted by molar-refractivity contribution is -0.137. The molecule has 8 nitrogen and oxygen atoms in total. The van der Waals surface area contributed by atoms with Gasteiger partial charge in [0, 0.05) is 11.3 Å². The molecule has 0 atom stereocenters. The zero-order chi connectivity index (χ0) is 30.6. The Hall–Kier alpha value is -5.45. The fraction of sp³-hybridized carbons (Fsp3) is 0.125. The van der Waals surface area contributed by atoms with Crippen molar-refractivity contribution in [2.75, 3.05) is 19.0 Å². The van der Waals surface area contributed by atoms with E-state index in [1.807, 2.05) is 25.1 Å². The molecule has 0 radical (unpaired) electrons. The lowest BCUT2D eigenvalue weighted by atomic mass is 10.1. The fourth-order valence-corrected chi connectivity index (χ4v) is 4.30. The molecule has 1 N–H and O–H groups in total. The highest BCUT2D eigenvalue weighted by Crippen LogP contribution is 2.32. The van der Waals surface area contributed by atoms with E-state index < -0.39 is 17.3 Å². The average molecular weight is 587 g/mol. The maximum absolute atomic E-state index is 13.4. The summed E-state index contributed by atoms with van der Waals surface area (Å²) in [5.74, 6) is 0.188.